The van der Waals surface area contributed by atoms with E-state index in [4.69, 9.17) is 11.6 Å². The van der Waals surface area contributed by atoms with Crippen molar-refractivity contribution in [3.05, 3.63) is 75.4 Å². The third-order valence-electron chi connectivity index (χ3n) is 4.32. The maximum Gasteiger partial charge on any atom is 0.268 e. The smallest absolute Gasteiger partial charge is 0.268 e. The highest BCUT2D eigenvalue weighted by Crippen LogP contribution is 2.33. The van der Waals surface area contributed by atoms with Gasteiger partial charge in [0.2, 0.25) is 0 Å². The standard InChI is InChI=1S/C19H15ClN2O3S2/c20-14-3-1-4-16(11-14)27(24,25)21-15-7-6-13-8-9-22(17(13)12-15)19(23)18-5-2-10-26-18/h1-7,10-12,21H,8-9H2. The molecular weight excluding hydrogens is 404 g/mol. The van der Waals surface area contributed by atoms with Gasteiger partial charge in [0, 0.05) is 17.3 Å². The summed E-state index contributed by atoms with van der Waals surface area (Å²) in [5, 5.41) is 2.21. The minimum Gasteiger partial charge on any atom is -0.307 e. The maximum atomic E-state index is 12.7. The number of halogens is 1. The first-order chi connectivity index (χ1) is 12.9. The van der Waals surface area contributed by atoms with E-state index in [1.165, 1.54) is 23.5 Å². The van der Waals surface area contributed by atoms with Crippen molar-refractivity contribution in [1.82, 2.24) is 0 Å². The Hall–Kier alpha value is -2.35. The van der Waals surface area contributed by atoms with E-state index in [0.717, 1.165) is 17.7 Å². The van der Waals surface area contributed by atoms with E-state index >= 15 is 0 Å². The lowest BCUT2D eigenvalue weighted by Gasteiger charge is -2.17. The van der Waals surface area contributed by atoms with Crippen molar-refractivity contribution in [2.75, 3.05) is 16.2 Å². The van der Waals surface area contributed by atoms with Crippen LogP contribution in [-0.4, -0.2) is 20.9 Å². The fourth-order valence-corrected chi connectivity index (χ4v) is 5.06. The molecule has 1 aliphatic heterocycles. The van der Waals surface area contributed by atoms with Gasteiger partial charge in [-0.05, 0) is 53.8 Å². The number of nitrogens with zero attached hydrogens (tertiary/aromatic N) is 1. The van der Waals surface area contributed by atoms with E-state index in [2.05, 4.69) is 4.72 Å². The summed E-state index contributed by atoms with van der Waals surface area (Å²) < 4.78 is 27.8. The Balaban J connectivity index is 1.63. The molecule has 5 nitrogen and oxygen atoms in total. The normalized spacial score (nSPS) is 13.4. The van der Waals surface area contributed by atoms with E-state index < -0.39 is 10.0 Å². The van der Waals surface area contributed by atoms with Crippen LogP contribution in [0.5, 0.6) is 0 Å². The van der Waals surface area contributed by atoms with Crippen LogP contribution < -0.4 is 9.62 Å². The Bertz CT molecular complexity index is 1110. The lowest BCUT2D eigenvalue weighted by atomic mass is 10.1. The highest BCUT2D eigenvalue weighted by atomic mass is 35.5. The summed E-state index contributed by atoms with van der Waals surface area (Å²) in [6.07, 6.45) is 0.744. The molecule has 1 aromatic heterocycles. The SMILES string of the molecule is O=C(c1cccs1)N1CCc2ccc(NS(=O)(=O)c3cccc(Cl)c3)cc21. The summed E-state index contributed by atoms with van der Waals surface area (Å²) in [4.78, 5) is 15.1. The summed E-state index contributed by atoms with van der Waals surface area (Å²) in [6, 6.07) is 15.0. The van der Waals surface area contributed by atoms with Crippen molar-refractivity contribution < 1.29 is 13.2 Å². The van der Waals surface area contributed by atoms with Crippen LogP contribution in [0, 0.1) is 0 Å². The minimum absolute atomic E-state index is 0.0707. The molecule has 0 atom stereocenters. The number of hydrogen-bond donors (Lipinski definition) is 1. The van der Waals surface area contributed by atoms with Gasteiger partial charge in [0.15, 0.2) is 0 Å². The number of benzene rings is 2. The van der Waals surface area contributed by atoms with Gasteiger partial charge < -0.3 is 4.90 Å². The molecule has 3 aromatic rings. The molecule has 0 saturated carbocycles. The van der Waals surface area contributed by atoms with E-state index in [1.54, 1.807) is 35.2 Å². The number of anilines is 2. The molecule has 1 aliphatic rings. The second-order valence-electron chi connectivity index (χ2n) is 6.09. The topological polar surface area (TPSA) is 66.5 Å². The third kappa shape index (κ3) is 3.58. The average molecular weight is 419 g/mol. The van der Waals surface area contributed by atoms with E-state index in [0.29, 0.717) is 22.1 Å². The van der Waals surface area contributed by atoms with Crippen molar-refractivity contribution in [3.8, 4) is 0 Å². The maximum absolute atomic E-state index is 12.7. The second-order valence-corrected chi connectivity index (χ2v) is 9.16. The fraction of sp³-hybridized carbons (Fsp3) is 0.105. The van der Waals surface area contributed by atoms with Gasteiger partial charge in [-0.25, -0.2) is 8.42 Å². The molecule has 0 fully saturated rings. The first kappa shape index (κ1) is 18.0. The number of carbonyl (C=O) groups is 1. The lowest BCUT2D eigenvalue weighted by Crippen LogP contribution is -2.28. The zero-order valence-corrected chi connectivity index (χ0v) is 16.4. The van der Waals surface area contributed by atoms with Crippen LogP contribution >= 0.6 is 22.9 Å². The number of amides is 1. The molecule has 0 radical (unpaired) electrons. The third-order valence-corrected chi connectivity index (χ3v) is 6.79. The lowest BCUT2D eigenvalue weighted by molar-refractivity contribution is 0.0993. The quantitative estimate of drug-likeness (QED) is 0.682. The van der Waals surface area contributed by atoms with Gasteiger partial charge >= 0.3 is 0 Å². The molecule has 8 heteroatoms. The van der Waals surface area contributed by atoms with Crippen LogP contribution in [0.15, 0.2) is 64.9 Å². The Labute approximate surface area is 166 Å². The van der Waals surface area contributed by atoms with Crippen molar-refractivity contribution in [3.63, 3.8) is 0 Å². The van der Waals surface area contributed by atoms with Crippen molar-refractivity contribution in [2.24, 2.45) is 0 Å². The fourth-order valence-electron chi connectivity index (χ4n) is 3.04. The molecule has 4 rings (SSSR count). The molecule has 27 heavy (non-hydrogen) atoms. The first-order valence-electron chi connectivity index (χ1n) is 8.21. The monoisotopic (exact) mass is 418 g/mol. The Kier molecular flexibility index (Phi) is 4.67. The molecule has 0 unspecified atom stereocenters. The zero-order valence-electron chi connectivity index (χ0n) is 14.1. The van der Waals surface area contributed by atoms with Gasteiger partial charge in [-0.15, -0.1) is 11.3 Å². The van der Waals surface area contributed by atoms with Crippen LogP contribution in [0.25, 0.3) is 0 Å². The van der Waals surface area contributed by atoms with Gasteiger partial charge in [0.05, 0.1) is 15.5 Å². The van der Waals surface area contributed by atoms with E-state index in [9.17, 15) is 13.2 Å². The number of nitrogens with one attached hydrogen (secondary N) is 1. The van der Waals surface area contributed by atoms with E-state index in [1.807, 2.05) is 17.5 Å². The molecule has 2 aromatic carbocycles. The summed E-state index contributed by atoms with van der Waals surface area (Å²) in [6.45, 7) is 0.580. The average Bonchev–Trinajstić information content (AvgIpc) is 3.30. The van der Waals surface area contributed by atoms with Crippen LogP contribution in [-0.2, 0) is 16.4 Å². The highest BCUT2D eigenvalue weighted by Gasteiger charge is 2.27. The van der Waals surface area contributed by atoms with Gasteiger partial charge in [0.1, 0.15) is 0 Å². The minimum atomic E-state index is -3.77. The van der Waals surface area contributed by atoms with Crippen LogP contribution in [0.3, 0.4) is 0 Å². The molecule has 0 spiro atoms. The number of carbonyl (C=O) groups excluding carboxylic acids is 1. The summed E-state index contributed by atoms with van der Waals surface area (Å²) in [5.74, 6) is -0.0707. The molecule has 2 heterocycles. The molecule has 1 N–H and O–H groups in total. The zero-order chi connectivity index (χ0) is 19.0. The Morgan fingerprint density at radius 1 is 1.11 bits per heavy atom. The van der Waals surface area contributed by atoms with Crippen molar-refractivity contribution in [1.29, 1.82) is 0 Å². The second kappa shape index (κ2) is 6.99. The molecule has 1 amide bonds. The Morgan fingerprint density at radius 3 is 2.70 bits per heavy atom. The molecule has 0 aliphatic carbocycles. The van der Waals surface area contributed by atoms with Gasteiger partial charge in [0.25, 0.3) is 15.9 Å². The summed E-state index contributed by atoms with van der Waals surface area (Å²) in [7, 11) is -3.77. The van der Waals surface area contributed by atoms with Crippen LogP contribution in [0.4, 0.5) is 11.4 Å². The first-order valence-corrected chi connectivity index (χ1v) is 10.9. The summed E-state index contributed by atoms with van der Waals surface area (Å²) >= 11 is 7.29. The number of thiophene rings is 1. The van der Waals surface area contributed by atoms with E-state index in [-0.39, 0.29) is 10.8 Å². The molecule has 0 saturated heterocycles. The van der Waals surface area contributed by atoms with Gasteiger partial charge in [-0.1, -0.05) is 29.8 Å². The molecule has 138 valence electrons. The number of rotatable bonds is 4. The predicted octanol–water partition coefficient (Wildman–Crippen LogP) is 4.41. The van der Waals surface area contributed by atoms with Crippen LogP contribution in [0.2, 0.25) is 5.02 Å². The predicted molar refractivity (Wildman–Crippen MR) is 108 cm³/mol. The molecule has 0 bridgehead atoms. The van der Waals surface area contributed by atoms with Crippen LogP contribution in [0.1, 0.15) is 15.2 Å². The van der Waals surface area contributed by atoms with Crippen molar-refractivity contribution >= 4 is 50.2 Å². The largest absolute Gasteiger partial charge is 0.307 e. The summed E-state index contributed by atoms with van der Waals surface area (Å²) in [5.41, 5.74) is 2.16. The number of hydrogen-bond acceptors (Lipinski definition) is 4. The molecular formula is C19H15ClN2O3S2. The van der Waals surface area contributed by atoms with Gasteiger partial charge in [-0.2, -0.15) is 0 Å². The number of sulfonamides is 1. The number of fused-ring (bicyclic) bond motifs is 1. The highest BCUT2D eigenvalue weighted by molar-refractivity contribution is 7.92. The van der Waals surface area contributed by atoms with Gasteiger partial charge in [-0.3, -0.25) is 9.52 Å². The Morgan fingerprint density at radius 2 is 1.96 bits per heavy atom. The van der Waals surface area contributed by atoms with Crippen molar-refractivity contribution in [2.45, 2.75) is 11.3 Å².